The van der Waals surface area contributed by atoms with E-state index in [0.29, 0.717) is 10.0 Å². The van der Waals surface area contributed by atoms with Crippen LogP contribution in [0.25, 0.3) is 0 Å². The molecule has 2 aromatic rings. The fraction of sp³-hybridized carbons (Fsp3) is 0.143. The largest absolute Gasteiger partial charge is 0.497 e. The number of methoxy groups -OCH3 is 1. The summed E-state index contributed by atoms with van der Waals surface area (Å²) >= 11 is 12.0. The van der Waals surface area contributed by atoms with E-state index in [1.54, 1.807) is 13.2 Å². The standard InChI is InChI=1S/C14H12Cl2O/c1-17-13-6-2-10(3-7-13)8-11-4-5-12(15)9-14(11)16/h2-7,9H,8H2,1H3. The number of rotatable bonds is 3. The highest BCUT2D eigenvalue weighted by Crippen LogP contribution is 2.24. The van der Waals surface area contributed by atoms with E-state index in [1.807, 2.05) is 36.4 Å². The lowest BCUT2D eigenvalue weighted by atomic mass is 10.1. The van der Waals surface area contributed by atoms with Crippen LogP contribution in [0.3, 0.4) is 0 Å². The minimum Gasteiger partial charge on any atom is -0.497 e. The van der Waals surface area contributed by atoms with Crippen LogP contribution in [0.2, 0.25) is 10.0 Å². The summed E-state index contributed by atoms with van der Waals surface area (Å²) in [5, 5.41) is 1.36. The maximum atomic E-state index is 6.13. The van der Waals surface area contributed by atoms with Crippen molar-refractivity contribution < 1.29 is 4.74 Å². The van der Waals surface area contributed by atoms with Crippen molar-refractivity contribution in [2.45, 2.75) is 6.42 Å². The van der Waals surface area contributed by atoms with Crippen LogP contribution in [0.4, 0.5) is 0 Å². The summed E-state index contributed by atoms with van der Waals surface area (Å²) in [5.41, 5.74) is 2.26. The zero-order valence-electron chi connectivity index (χ0n) is 9.41. The molecular formula is C14H12Cl2O. The number of benzene rings is 2. The van der Waals surface area contributed by atoms with Gasteiger partial charge in [-0.25, -0.2) is 0 Å². The second-order valence-corrected chi connectivity index (χ2v) is 4.60. The minimum atomic E-state index is 0.661. The van der Waals surface area contributed by atoms with Crippen LogP contribution in [0, 0.1) is 0 Å². The highest BCUT2D eigenvalue weighted by molar-refractivity contribution is 6.35. The van der Waals surface area contributed by atoms with Gasteiger partial charge in [0, 0.05) is 10.0 Å². The topological polar surface area (TPSA) is 9.23 Å². The second-order valence-electron chi connectivity index (χ2n) is 3.76. The molecule has 0 spiro atoms. The molecule has 0 bridgehead atoms. The van der Waals surface area contributed by atoms with Crippen LogP contribution in [0.15, 0.2) is 42.5 Å². The van der Waals surface area contributed by atoms with Gasteiger partial charge in [0.1, 0.15) is 5.75 Å². The summed E-state index contributed by atoms with van der Waals surface area (Å²) < 4.78 is 5.12. The van der Waals surface area contributed by atoms with Gasteiger partial charge in [-0.1, -0.05) is 41.4 Å². The lowest BCUT2D eigenvalue weighted by molar-refractivity contribution is 0.414. The van der Waals surface area contributed by atoms with Gasteiger partial charge in [-0.05, 0) is 41.8 Å². The number of hydrogen-bond donors (Lipinski definition) is 0. The molecule has 0 atom stereocenters. The zero-order chi connectivity index (χ0) is 12.3. The van der Waals surface area contributed by atoms with E-state index in [4.69, 9.17) is 27.9 Å². The third kappa shape index (κ3) is 3.15. The first-order chi connectivity index (χ1) is 8.19. The molecular weight excluding hydrogens is 255 g/mol. The van der Waals surface area contributed by atoms with Crippen molar-refractivity contribution in [2.75, 3.05) is 7.11 Å². The molecule has 0 heterocycles. The molecule has 0 aromatic heterocycles. The summed E-state index contributed by atoms with van der Waals surface area (Å²) in [6, 6.07) is 13.5. The Morgan fingerprint density at radius 2 is 1.71 bits per heavy atom. The molecule has 0 fully saturated rings. The molecule has 0 unspecified atom stereocenters. The number of ether oxygens (including phenoxy) is 1. The first-order valence-corrected chi connectivity index (χ1v) is 6.01. The van der Waals surface area contributed by atoms with Gasteiger partial charge in [0.05, 0.1) is 7.11 Å². The predicted molar refractivity (Wildman–Crippen MR) is 72.3 cm³/mol. The molecule has 0 saturated carbocycles. The van der Waals surface area contributed by atoms with E-state index < -0.39 is 0 Å². The first kappa shape index (κ1) is 12.3. The molecule has 0 saturated heterocycles. The van der Waals surface area contributed by atoms with Crippen LogP contribution in [-0.4, -0.2) is 7.11 Å². The van der Waals surface area contributed by atoms with Gasteiger partial charge in [-0.15, -0.1) is 0 Å². The molecule has 0 amide bonds. The molecule has 1 nitrogen and oxygen atoms in total. The first-order valence-electron chi connectivity index (χ1n) is 5.26. The van der Waals surface area contributed by atoms with Crippen LogP contribution in [0.5, 0.6) is 5.75 Å². The van der Waals surface area contributed by atoms with Crippen molar-refractivity contribution in [3.05, 3.63) is 63.6 Å². The van der Waals surface area contributed by atoms with Crippen molar-refractivity contribution in [1.82, 2.24) is 0 Å². The summed E-state index contributed by atoms with van der Waals surface area (Å²) in [6.07, 6.45) is 0.792. The Labute approximate surface area is 111 Å². The third-order valence-corrected chi connectivity index (χ3v) is 3.16. The average Bonchev–Trinajstić information content (AvgIpc) is 2.34. The van der Waals surface area contributed by atoms with E-state index in [-0.39, 0.29) is 0 Å². The summed E-state index contributed by atoms with van der Waals surface area (Å²) in [4.78, 5) is 0. The average molecular weight is 267 g/mol. The van der Waals surface area contributed by atoms with Gasteiger partial charge in [0.15, 0.2) is 0 Å². The smallest absolute Gasteiger partial charge is 0.118 e. The lowest BCUT2D eigenvalue weighted by Gasteiger charge is -2.06. The Kier molecular flexibility index (Phi) is 3.93. The predicted octanol–water partition coefficient (Wildman–Crippen LogP) is 4.59. The minimum absolute atomic E-state index is 0.661. The van der Waals surface area contributed by atoms with E-state index in [9.17, 15) is 0 Å². The molecule has 17 heavy (non-hydrogen) atoms. The van der Waals surface area contributed by atoms with Gasteiger partial charge < -0.3 is 4.74 Å². The molecule has 0 aliphatic rings. The van der Waals surface area contributed by atoms with Gasteiger partial charge in [-0.2, -0.15) is 0 Å². The molecule has 0 N–H and O–H groups in total. The molecule has 88 valence electrons. The Morgan fingerprint density at radius 1 is 1.00 bits per heavy atom. The van der Waals surface area contributed by atoms with Gasteiger partial charge in [0.2, 0.25) is 0 Å². The highest BCUT2D eigenvalue weighted by Gasteiger charge is 2.03. The van der Waals surface area contributed by atoms with Crippen molar-refractivity contribution in [2.24, 2.45) is 0 Å². The van der Waals surface area contributed by atoms with E-state index in [1.165, 1.54) is 5.56 Å². The maximum absolute atomic E-state index is 6.13. The van der Waals surface area contributed by atoms with E-state index >= 15 is 0 Å². The number of halogens is 2. The van der Waals surface area contributed by atoms with Crippen molar-refractivity contribution in [1.29, 1.82) is 0 Å². The molecule has 2 rings (SSSR count). The summed E-state index contributed by atoms with van der Waals surface area (Å²) in [7, 11) is 1.66. The maximum Gasteiger partial charge on any atom is 0.118 e. The SMILES string of the molecule is COc1ccc(Cc2ccc(Cl)cc2Cl)cc1. The second kappa shape index (κ2) is 5.44. The molecule has 2 aromatic carbocycles. The van der Waals surface area contributed by atoms with E-state index in [0.717, 1.165) is 17.7 Å². The van der Waals surface area contributed by atoms with Gasteiger partial charge in [0.25, 0.3) is 0 Å². The van der Waals surface area contributed by atoms with Crippen LogP contribution < -0.4 is 4.74 Å². The van der Waals surface area contributed by atoms with Crippen LogP contribution in [-0.2, 0) is 6.42 Å². The van der Waals surface area contributed by atoms with Gasteiger partial charge >= 0.3 is 0 Å². The van der Waals surface area contributed by atoms with Crippen molar-refractivity contribution in [3.8, 4) is 5.75 Å². The van der Waals surface area contributed by atoms with Crippen molar-refractivity contribution in [3.63, 3.8) is 0 Å². The lowest BCUT2D eigenvalue weighted by Crippen LogP contribution is -1.90. The van der Waals surface area contributed by atoms with Gasteiger partial charge in [-0.3, -0.25) is 0 Å². The normalized spacial score (nSPS) is 10.3. The Morgan fingerprint density at radius 3 is 2.29 bits per heavy atom. The number of hydrogen-bond acceptors (Lipinski definition) is 1. The monoisotopic (exact) mass is 266 g/mol. The Bertz CT molecular complexity index is 506. The summed E-state index contributed by atoms with van der Waals surface area (Å²) in [5.74, 6) is 0.857. The van der Waals surface area contributed by atoms with Crippen LogP contribution >= 0.6 is 23.2 Å². The molecule has 0 aliphatic carbocycles. The Balaban J connectivity index is 2.19. The fourth-order valence-electron chi connectivity index (χ4n) is 1.63. The third-order valence-electron chi connectivity index (χ3n) is 2.57. The summed E-state index contributed by atoms with van der Waals surface area (Å²) in [6.45, 7) is 0. The Hall–Kier alpha value is -1.18. The molecule has 0 radical (unpaired) electrons. The quantitative estimate of drug-likeness (QED) is 0.790. The van der Waals surface area contributed by atoms with Crippen molar-refractivity contribution >= 4 is 23.2 Å². The molecule has 3 heteroatoms. The van der Waals surface area contributed by atoms with Crippen LogP contribution in [0.1, 0.15) is 11.1 Å². The molecule has 0 aliphatic heterocycles. The zero-order valence-corrected chi connectivity index (χ0v) is 10.9. The highest BCUT2D eigenvalue weighted by atomic mass is 35.5. The van der Waals surface area contributed by atoms with E-state index in [2.05, 4.69) is 0 Å². The fourth-order valence-corrected chi connectivity index (χ4v) is 2.10.